The van der Waals surface area contributed by atoms with Crippen molar-refractivity contribution < 1.29 is 10.2 Å². The first kappa shape index (κ1) is 12.8. The number of nitrogens with zero attached hydrogens (tertiary/aromatic N) is 3. The number of anilines is 3. The number of aliphatic hydroxyl groups excluding tert-OH is 2. The molecule has 0 saturated carbocycles. The van der Waals surface area contributed by atoms with Gasteiger partial charge in [0.05, 0.1) is 19.3 Å². The fourth-order valence-corrected chi connectivity index (χ4v) is 2.20. The Balaban J connectivity index is 2.18. The van der Waals surface area contributed by atoms with Gasteiger partial charge in [-0.2, -0.15) is 9.97 Å². The van der Waals surface area contributed by atoms with Crippen LogP contribution >= 0.6 is 0 Å². The van der Waals surface area contributed by atoms with Crippen molar-refractivity contribution >= 4 is 17.6 Å². The topological polar surface area (TPSA) is 108 Å². The molecule has 1 aromatic heterocycles. The Hall–Kier alpha value is -1.60. The number of rotatable bonds is 5. The van der Waals surface area contributed by atoms with Gasteiger partial charge in [-0.25, -0.2) is 0 Å². The van der Waals surface area contributed by atoms with Crippen molar-refractivity contribution in [2.45, 2.75) is 18.9 Å². The Morgan fingerprint density at radius 3 is 3.00 bits per heavy atom. The average molecular weight is 253 g/mol. The van der Waals surface area contributed by atoms with Crippen LogP contribution < -0.4 is 16.0 Å². The van der Waals surface area contributed by atoms with Crippen LogP contribution in [0.5, 0.6) is 0 Å². The van der Waals surface area contributed by atoms with Crippen LogP contribution in [-0.2, 0) is 0 Å². The zero-order valence-corrected chi connectivity index (χ0v) is 10.2. The maximum absolute atomic E-state index is 9.31. The van der Waals surface area contributed by atoms with Gasteiger partial charge in [0.15, 0.2) is 0 Å². The third-order valence-electron chi connectivity index (χ3n) is 3.03. The first-order valence-electron chi connectivity index (χ1n) is 6.11. The first-order chi connectivity index (χ1) is 8.74. The van der Waals surface area contributed by atoms with Crippen LogP contribution in [0.15, 0.2) is 6.07 Å². The van der Waals surface area contributed by atoms with Crippen LogP contribution in [-0.4, -0.2) is 52.5 Å². The predicted octanol–water partition coefficient (Wildman–Crippen LogP) is -0.576. The second-order valence-electron chi connectivity index (χ2n) is 4.29. The van der Waals surface area contributed by atoms with Crippen molar-refractivity contribution in [2.75, 3.05) is 42.3 Å². The smallest absolute Gasteiger partial charge is 0.223 e. The minimum Gasteiger partial charge on any atom is -0.395 e. The van der Waals surface area contributed by atoms with E-state index in [0.29, 0.717) is 12.4 Å². The van der Waals surface area contributed by atoms with E-state index in [1.165, 1.54) is 0 Å². The molecule has 0 aromatic carbocycles. The second-order valence-corrected chi connectivity index (χ2v) is 4.29. The highest BCUT2D eigenvalue weighted by atomic mass is 16.3. The van der Waals surface area contributed by atoms with E-state index in [0.717, 1.165) is 25.2 Å². The van der Waals surface area contributed by atoms with E-state index in [9.17, 15) is 5.11 Å². The molecule has 7 nitrogen and oxygen atoms in total. The minimum absolute atomic E-state index is 0.0300. The lowest BCUT2D eigenvalue weighted by Crippen LogP contribution is -2.33. The molecule has 1 aliphatic rings. The maximum Gasteiger partial charge on any atom is 0.223 e. The summed E-state index contributed by atoms with van der Waals surface area (Å²) in [5, 5.41) is 21.1. The van der Waals surface area contributed by atoms with E-state index in [1.54, 1.807) is 6.07 Å². The van der Waals surface area contributed by atoms with Gasteiger partial charge >= 0.3 is 0 Å². The number of nitrogen functional groups attached to an aromatic ring is 1. The van der Waals surface area contributed by atoms with E-state index < -0.39 is 0 Å². The molecule has 0 spiro atoms. The third-order valence-corrected chi connectivity index (χ3v) is 3.03. The second kappa shape index (κ2) is 5.83. The largest absolute Gasteiger partial charge is 0.395 e. The molecule has 2 rings (SSSR count). The lowest BCUT2D eigenvalue weighted by Gasteiger charge is -2.24. The summed E-state index contributed by atoms with van der Waals surface area (Å²) in [5.41, 5.74) is 5.67. The quantitative estimate of drug-likeness (QED) is 0.556. The SMILES string of the molecule is Nc1nc(NCCO)cc(N2CCCC2CO)n1. The molecule has 1 fully saturated rings. The molecule has 2 heterocycles. The molecule has 0 bridgehead atoms. The van der Waals surface area contributed by atoms with Gasteiger partial charge in [0.25, 0.3) is 0 Å². The fourth-order valence-electron chi connectivity index (χ4n) is 2.20. The van der Waals surface area contributed by atoms with Crippen molar-refractivity contribution in [3.05, 3.63) is 6.07 Å². The molecule has 0 amide bonds. The van der Waals surface area contributed by atoms with Gasteiger partial charge in [0.2, 0.25) is 5.95 Å². The van der Waals surface area contributed by atoms with Gasteiger partial charge in [-0.3, -0.25) is 0 Å². The van der Waals surface area contributed by atoms with E-state index in [2.05, 4.69) is 15.3 Å². The molecule has 1 aliphatic heterocycles. The zero-order chi connectivity index (χ0) is 13.0. The summed E-state index contributed by atoms with van der Waals surface area (Å²) in [4.78, 5) is 10.3. The maximum atomic E-state index is 9.31. The van der Waals surface area contributed by atoms with Crippen LogP contribution in [0.4, 0.5) is 17.6 Å². The number of aliphatic hydroxyl groups is 2. The average Bonchev–Trinajstić information content (AvgIpc) is 2.84. The monoisotopic (exact) mass is 253 g/mol. The molecule has 1 unspecified atom stereocenters. The summed E-state index contributed by atoms with van der Waals surface area (Å²) in [5.74, 6) is 1.51. The van der Waals surface area contributed by atoms with Crippen molar-refractivity contribution in [2.24, 2.45) is 0 Å². The van der Waals surface area contributed by atoms with E-state index in [-0.39, 0.29) is 25.2 Å². The summed E-state index contributed by atoms with van der Waals surface area (Å²) in [6.45, 7) is 1.42. The van der Waals surface area contributed by atoms with Crippen LogP contribution in [0.3, 0.4) is 0 Å². The van der Waals surface area contributed by atoms with Gasteiger partial charge in [0.1, 0.15) is 11.6 Å². The van der Waals surface area contributed by atoms with Crippen molar-refractivity contribution in [3.63, 3.8) is 0 Å². The predicted molar refractivity (Wildman–Crippen MR) is 69.5 cm³/mol. The van der Waals surface area contributed by atoms with E-state index >= 15 is 0 Å². The highest BCUT2D eigenvalue weighted by molar-refractivity contribution is 5.53. The third kappa shape index (κ3) is 2.80. The number of aromatic nitrogens is 2. The number of hydrogen-bond acceptors (Lipinski definition) is 7. The summed E-state index contributed by atoms with van der Waals surface area (Å²) in [6.07, 6.45) is 1.99. The molecule has 1 saturated heterocycles. The molecule has 100 valence electrons. The van der Waals surface area contributed by atoms with E-state index in [1.807, 2.05) is 4.90 Å². The van der Waals surface area contributed by atoms with Crippen molar-refractivity contribution in [1.82, 2.24) is 9.97 Å². The summed E-state index contributed by atoms with van der Waals surface area (Å²) in [7, 11) is 0. The molecule has 18 heavy (non-hydrogen) atoms. The first-order valence-corrected chi connectivity index (χ1v) is 6.11. The molecule has 5 N–H and O–H groups in total. The lowest BCUT2D eigenvalue weighted by atomic mass is 10.2. The van der Waals surface area contributed by atoms with Gasteiger partial charge in [-0.15, -0.1) is 0 Å². The van der Waals surface area contributed by atoms with Gasteiger partial charge in [-0.05, 0) is 12.8 Å². The Morgan fingerprint density at radius 1 is 1.44 bits per heavy atom. The Morgan fingerprint density at radius 2 is 2.28 bits per heavy atom. The van der Waals surface area contributed by atoms with Crippen LogP contribution in [0.1, 0.15) is 12.8 Å². The standard InChI is InChI=1S/C11H19N5O2/c12-11-14-9(13-3-5-17)6-10(15-11)16-4-1-2-8(16)7-18/h6,8,17-18H,1-5,7H2,(H3,12,13,14,15). The highest BCUT2D eigenvalue weighted by Crippen LogP contribution is 2.25. The molecule has 1 aromatic rings. The highest BCUT2D eigenvalue weighted by Gasteiger charge is 2.25. The normalized spacial score (nSPS) is 19.2. The molecule has 7 heteroatoms. The summed E-state index contributed by atoms with van der Waals surface area (Å²) < 4.78 is 0. The summed E-state index contributed by atoms with van der Waals surface area (Å²) >= 11 is 0. The Bertz CT molecular complexity index is 401. The van der Waals surface area contributed by atoms with Crippen molar-refractivity contribution in [3.8, 4) is 0 Å². The zero-order valence-electron chi connectivity index (χ0n) is 10.2. The van der Waals surface area contributed by atoms with E-state index in [4.69, 9.17) is 10.8 Å². The minimum atomic E-state index is 0.0300. The number of nitrogens with one attached hydrogen (secondary N) is 1. The molecule has 1 atom stereocenters. The molecular weight excluding hydrogens is 234 g/mol. The Labute approximate surface area is 106 Å². The molecule has 0 aliphatic carbocycles. The van der Waals surface area contributed by atoms with Gasteiger partial charge in [-0.1, -0.05) is 0 Å². The van der Waals surface area contributed by atoms with Crippen molar-refractivity contribution in [1.29, 1.82) is 0 Å². The fraction of sp³-hybridized carbons (Fsp3) is 0.636. The molecular formula is C11H19N5O2. The van der Waals surface area contributed by atoms with Gasteiger partial charge in [0, 0.05) is 19.2 Å². The van der Waals surface area contributed by atoms with Crippen LogP contribution in [0.25, 0.3) is 0 Å². The van der Waals surface area contributed by atoms with Crippen LogP contribution in [0.2, 0.25) is 0 Å². The Kier molecular flexibility index (Phi) is 4.16. The van der Waals surface area contributed by atoms with Gasteiger partial charge < -0.3 is 26.2 Å². The number of hydrogen-bond donors (Lipinski definition) is 4. The van der Waals surface area contributed by atoms with Crippen LogP contribution in [0, 0.1) is 0 Å². The number of nitrogens with two attached hydrogens (primary N) is 1. The molecule has 0 radical (unpaired) electrons. The summed E-state index contributed by atoms with van der Waals surface area (Å²) in [6, 6.07) is 1.89. The lowest BCUT2D eigenvalue weighted by molar-refractivity contribution is 0.266.